The number of benzene rings is 1. The minimum atomic E-state index is -0.801. The second kappa shape index (κ2) is 10.4. The zero-order chi connectivity index (χ0) is 22.1. The van der Waals surface area contributed by atoms with Gasteiger partial charge in [-0.2, -0.15) is 0 Å². The molecule has 0 aliphatic heterocycles. The number of aromatic nitrogens is 2. The summed E-state index contributed by atoms with van der Waals surface area (Å²) in [4.78, 5) is 38.5. The van der Waals surface area contributed by atoms with Crippen LogP contribution in [0.15, 0.2) is 42.7 Å². The maximum Gasteiger partial charge on any atom is 0.436 e. The van der Waals surface area contributed by atoms with Gasteiger partial charge in [0.25, 0.3) is 0 Å². The van der Waals surface area contributed by atoms with E-state index in [9.17, 15) is 19.7 Å². The quantitative estimate of drug-likeness (QED) is 0.373. The predicted octanol–water partition coefficient (Wildman–Crippen LogP) is 3.73. The van der Waals surface area contributed by atoms with Crippen LogP contribution in [-0.4, -0.2) is 32.1 Å². The summed E-state index contributed by atoms with van der Waals surface area (Å²) in [6.45, 7) is 5.31. The number of carbonyl (C=O) groups is 2. The lowest BCUT2D eigenvalue weighted by molar-refractivity contribution is -0.397. The third-order valence-corrected chi connectivity index (χ3v) is 3.93. The average Bonchev–Trinajstić information content (AvgIpc) is 3.15. The first kappa shape index (κ1) is 22.9. The minimum Gasteiger partial charge on any atom is -0.461 e. The van der Waals surface area contributed by atoms with Gasteiger partial charge < -0.3 is 19.6 Å². The molecule has 1 heterocycles. The van der Waals surface area contributed by atoms with Crippen LogP contribution in [0.2, 0.25) is 0 Å². The molecule has 0 aliphatic rings. The van der Waals surface area contributed by atoms with Crippen molar-refractivity contribution in [2.45, 2.75) is 58.4 Å². The molecule has 0 fully saturated rings. The molecular weight excluding hydrogens is 392 g/mol. The number of rotatable bonds is 9. The number of ether oxygens (including phenoxy) is 2. The fourth-order valence-corrected chi connectivity index (χ4v) is 2.66. The van der Waals surface area contributed by atoms with Gasteiger partial charge in [0, 0.05) is 12.8 Å². The molecule has 1 aromatic carbocycles. The largest absolute Gasteiger partial charge is 0.461 e. The zero-order valence-electron chi connectivity index (χ0n) is 17.2. The zero-order valence-corrected chi connectivity index (χ0v) is 17.2. The molecule has 0 radical (unpaired) electrons. The van der Waals surface area contributed by atoms with Gasteiger partial charge in [0.15, 0.2) is 6.17 Å². The maximum absolute atomic E-state index is 12.2. The van der Waals surface area contributed by atoms with Gasteiger partial charge in [-0.3, -0.25) is 10.1 Å². The van der Waals surface area contributed by atoms with E-state index in [0.29, 0.717) is 6.42 Å². The number of alkyl carbamates (subject to hydrolysis) is 1. The molecular formula is C20H26N4O6. The fraction of sp³-hybridized carbons (Fsp3) is 0.450. The topological polar surface area (TPSA) is 126 Å². The Morgan fingerprint density at radius 2 is 1.97 bits per heavy atom. The molecule has 0 bridgehead atoms. The lowest BCUT2D eigenvalue weighted by Gasteiger charge is -2.23. The molecule has 1 atom stereocenters. The second-order valence-corrected chi connectivity index (χ2v) is 7.59. The number of hydrogen-bond donors (Lipinski definition) is 1. The molecule has 2 rings (SSSR count). The summed E-state index contributed by atoms with van der Waals surface area (Å²) >= 11 is 0. The third-order valence-electron chi connectivity index (χ3n) is 3.93. The Bertz CT molecular complexity index is 860. The van der Waals surface area contributed by atoms with Gasteiger partial charge in [-0.15, -0.1) is 0 Å². The highest BCUT2D eigenvalue weighted by atomic mass is 16.6. The Kier molecular flexibility index (Phi) is 7.90. The van der Waals surface area contributed by atoms with Crippen LogP contribution < -0.4 is 5.32 Å². The van der Waals surface area contributed by atoms with Crippen molar-refractivity contribution >= 4 is 18.0 Å². The molecule has 10 nitrogen and oxygen atoms in total. The standard InChI is InChI=1S/C20H26N4O6/c1-20(2,3)30-19(26)22-16(23-13-12-21-18(23)24(27)28)10-7-11-17(25)29-14-15-8-5-4-6-9-15/h4-6,8-9,12-13,16H,7,10-11,14H2,1-3H3,(H,22,26). The summed E-state index contributed by atoms with van der Waals surface area (Å²) in [5, 5.41) is 13.8. The molecule has 1 amide bonds. The Morgan fingerprint density at radius 3 is 2.60 bits per heavy atom. The van der Waals surface area contributed by atoms with E-state index < -0.39 is 34.7 Å². The van der Waals surface area contributed by atoms with Crippen molar-refractivity contribution in [2.75, 3.05) is 0 Å². The summed E-state index contributed by atoms with van der Waals surface area (Å²) in [7, 11) is 0. The number of nitro groups is 1. The summed E-state index contributed by atoms with van der Waals surface area (Å²) in [5.41, 5.74) is 0.154. The molecule has 30 heavy (non-hydrogen) atoms. The van der Waals surface area contributed by atoms with Gasteiger partial charge in [-0.25, -0.2) is 9.36 Å². The highest BCUT2D eigenvalue weighted by Gasteiger charge is 2.27. The molecule has 0 spiro atoms. The van der Waals surface area contributed by atoms with Crippen LogP contribution in [0.25, 0.3) is 0 Å². The summed E-state index contributed by atoms with van der Waals surface area (Å²) in [6.07, 6.45) is 1.83. The van der Waals surface area contributed by atoms with E-state index in [1.807, 2.05) is 30.3 Å². The molecule has 0 saturated heterocycles. The van der Waals surface area contributed by atoms with Crippen LogP contribution in [0.1, 0.15) is 51.8 Å². The number of amides is 1. The third kappa shape index (κ3) is 7.53. The van der Waals surface area contributed by atoms with Crippen molar-refractivity contribution in [3.05, 3.63) is 58.4 Å². The van der Waals surface area contributed by atoms with Crippen molar-refractivity contribution < 1.29 is 24.0 Å². The number of esters is 1. The monoisotopic (exact) mass is 418 g/mol. The molecule has 2 aromatic rings. The summed E-state index contributed by atoms with van der Waals surface area (Å²) in [5.74, 6) is -0.808. The van der Waals surface area contributed by atoms with Crippen LogP contribution in [0, 0.1) is 10.1 Å². The first-order valence-electron chi connectivity index (χ1n) is 9.52. The number of nitrogens with one attached hydrogen (secondary N) is 1. The molecule has 1 unspecified atom stereocenters. The molecule has 0 saturated carbocycles. The van der Waals surface area contributed by atoms with E-state index in [0.717, 1.165) is 5.56 Å². The maximum atomic E-state index is 12.2. The van der Waals surface area contributed by atoms with Crippen LogP contribution in [0.3, 0.4) is 0 Å². The first-order valence-corrected chi connectivity index (χ1v) is 9.52. The molecule has 10 heteroatoms. The number of hydrogen-bond acceptors (Lipinski definition) is 7. The van der Waals surface area contributed by atoms with Gasteiger partial charge in [-0.1, -0.05) is 35.3 Å². The fourth-order valence-electron chi connectivity index (χ4n) is 2.66. The Labute approximate surface area is 174 Å². The van der Waals surface area contributed by atoms with Crippen molar-refractivity contribution in [3.63, 3.8) is 0 Å². The second-order valence-electron chi connectivity index (χ2n) is 7.59. The van der Waals surface area contributed by atoms with E-state index in [1.54, 1.807) is 20.8 Å². The van der Waals surface area contributed by atoms with Gasteiger partial charge in [-0.05, 0) is 37.7 Å². The first-order chi connectivity index (χ1) is 14.2. The number of carbonyl (C=O) groups excluding carboxylic acids is 2. The Morgan fingerprint density at radius 1 is 1.27 bits per heavy atom. The van der Waals surface area contributed by atoms with Gasteiger partial charge >= 0.3 is 18.0 Å². The SMILES string of the molecule is CC(C)(C)OC(=O)NC(CCCC(=O)OCc1ccccc1)n1ccnc1[N+](=O)[O-]. The molecule has 1 aromatic heterocycles. The minimum absolute atomic E-state index is 0.0990. The van der Waals surface area contributed by atoms with Gasteiger partial charge in [0.05, 0.1) is 0 Å². The van der Waals surface area contributed by atoms with Gasteiger partial charge in [0.1, 0.15) is 24.6 Å². The van der Waals surface area contributed by atoms with Crippen LogP contribution in [-0.2, 0) is 20.9 Å². The molecule has 1 N–H and O–H groups in total. The Balaban J connectivity index is 1.95. The highest BCUT2D eigenvalue weighted by molar-refractivity contribution is 5.69. The average molecular weight is 418 g/mol. The molecule has 0 aliphatic carbocycles. The normalized spacial score (nSPS) is 12.1. The van der Waals surface area contributed by atoms with Crippen molar-refractivity contribution in [1.82, 2.24) is 14.9 Å². The summed E-state index contributed by atoms with van der Waals surface area (Å²) < 4.78 is 11.7. The number of imidazole rings is 1. The van der Waals surface area contributed by atoms with Crippen LogP contribution >= 0.6 is 0 Å². The smallest absolute Gasteiger partial charge is 0.436 e. The lowest BCUT2D eigenvalue weighted by atomic mass is 10.2. The highest BCUT2D eigenvalue weighted by Crippen LogP contribution is 2.20. The Hall–Kier alpha value is -3.43. The summed E-state index contributed by atoms with van der Waals surface area (Å²) in [6, 6.07) is 9.29. The van der Waals surface area contributed by atoms with E-state index in [1.165, 1.54) is 17.0 Å². The van der Waals surface area contributed by atoms with E-state index in [4.69, 9.17) is 9.47 Å². The lowest BCUT2D eigenvalue weighted by Crippen LogP contribution is -2.37. The number of nitrogens with zero attached hydrogens (tertiary/aromatic N) is 3. The van der Waals surface area contributed by atoms with E-state index >= 15 is 0 Å². The van der Waals surface area contributed by atoms with Crippen molar-refractivity contribution in [1.29, 1.82) is 0 Å². The van der Waals surface area contributed by atoms with Crippen LogP contribution in [0.4, 0.5) is 10.7 Å². The van der Waals surface area contributed by atoms with Gasteiger partial charge in [0.2, 0.25) is 0 Å². The van der Waals surface area contributed by atoms with Crippen molar-refractivity contribution in [2.24, 2.45) is 0 Å². The van der Waals surface area contributed by atoms with Crippen molar-refractivity contribution in [3.8, 4) is 0 Å². The van der Waals surface area contributed by atoms with Crippen LogP contribution in [0.5, 0.6) is 0 Å². The molecule has 162 valence electrons. The van der Waals surface area contributed by atoms with E-state index in [-0.39, 0.29) is 19.4 Å². The predicted molar refractivity (Wildman–Crippen MR) is 107 cm³/mol. The van der Waals surface area contributed by atoms with E-state index in [2.05, 4.69) is 10.3 Å².